The van der Waals surface area contributed by atoms with E-state index in [1.54, 1.807) is 13.8 Å². The summed E-state index contributed by atoms with van der Waals surface area (Å²) in [5.74, 6) is -0.144. The van der Waals surface area contributed by atoms with Crippen LogP contribution in [0.15, 0.2) is 36.4 Å². The number of rotatable bonds is 3. The van der Waals surface area contributed by atoms with E-state index in [1.165, 1.54) is 5.56 Å². The molecule has 2 rings (SSSR count). The van der Waals surface area contributed by atoms with Gasteiger partial charge in [0.1, 0.15) is 5.82 Å². The molecule has 0 aromatic heterocycles. The van der Waals surface area contributed by atoms with Crippen molar-refractivity contribution in [3.05, 3.63) is 70.0 Å². The first-order chi connectivity index (χ1) is 9.02. The first kappa shape index (κ1) is 14.1. The number of hydrogen-bond acceptors (Lipinski definition) is 0. The Morgan fingerprint density at radius 2 is 1.53 bits per heavy atom. The van der Waals surface area contributed by atoms with E-state index >= 15 is 0 Å². The van der Waals surface area contributed by atoms with Gasteiger partial charge in [0.25, 0.3) is 0 Å². The molecular weight excluding hydrogens is 259 g/mol. The predicted octanol–water partition coefficient (Wildman–Crippen LogP) is 5.33. The van der Waals surface area contributed by atoms with Gasteiger partial charge in [0.15, 0.2) is 0 Å². The Morgan fingerprint density at radius 3 is 2.00 bits per heavy atom. The van der Waals surface area contributed by atoms with E-state index in [2.05, 4.69) is 19.1 Å². The fourth-order valence-electron chi connectivity index (χ4n) is 2.24. The highest BCUT2D eigenvalue weighted by Crippen LogP contribution is 2.31. The lowest BCUT2D eigenvalue weighted by Crippen LogP contribution is -1.98. The molecule has 0 aliphatic rings. The third kappa shape index (κ3) is 2.98. The summed E-state index contributed by atoms with van der Waals surface area (Å²) in [5.41, 5.74) is 4.57. The second-order valence-corrected chi connectivity index (χ2v) is 5.36. The van der Waals surface area contributed by atoms with E-state index < -0.39 is 0 Å². The number of halogens is 2. The Balaban J connectivity index is 2.35. The maximum Gasteiger partial charge on any atom is 0.129 e. The van der Waals surface area contributed by atoms with E-state index in [0.717, 1.165) is 17.5 Å². The van der Waals surface area contributed by atoms with Crippen LogP contribution in [0.5, 0.6) is 0 Å². The number of alkyl halides is 1. The molecule has 0 fully saturated rings. The third-order valence-corrected chi connectivity index (χ3v) is 3.94. The van der Waals surface area contributed by atoms with Gasteiger partial charge in [-0.05, 0) is 48.1 Å². The van der Waals surface area contributed by atoms with Gasteiger partial charge in [-0.2, -0.15) is 0 Å². The Labute approximate surface area is 119 Å². The van der Waals surface area contributed by atoms with Crippen LogP contribution in [0.1, 0.15) is 40.1 Å². The lowest BCUT2D eigenvalue weighted by atomic mass is 9.98. The predicted molar refractivity (Wildman–Crippen MR) is 79.4 cm³/mol. The van der Waals surface area contributed by atoms with Crippen LogP contribution in [-0.2, 0) is 6.42 Å². The summed E-state index contributed by atoms with van der Waals surface area (Å²) in [5, 5.41) is -0.232. The molecule has 0 saturated carbocycles. The van der Waals surface area contributed by atoms with Gasteiger partial charge in [-0.15, -0.1) is 11.6 Å². The molecule has 100 valence electrons. The van der Waals surface area contributed by atoms with Crippen molar-refractivity contribution in [1.29, 1.82) is 0 Å². The largest absolute Gasteiger partial charge is 0.206 e. The van der Waals surface area contributed by atoms with Gasteiger partial charge >= 0.3 is 0 Å². The van der Waals surface area contributed by atoms with E-state index in [-0.39, 0.29) is 11.2 Å². The minimum absolute atomic E-state index is 0.144. The third-order valence-electron chi connectivity index (χ3n) is 3.43. The van der Waals surface area contributed by atoms with E-state index in [4.69, 9.17) is 11.6 Å². The first-order valence-electron chi connectivity index (χ1n) is 6.52. The molecule has 19 heavy (non-hydrogen) atoms. The smallest absolute Gasteiger partial charge is 0.129 e. The summed E-state index contributed by atoms with van der Waals surface area (Å²) in [6, 6.07) is 11.9. The van der Waals surface area contributed by atoms with Crippen LogP contribution in [0, 0.1) is 19.7 Å². The summed E-state index contributed by atoms with van der Waals surface area (Å²) in [6.07, 6.45) is 1.02. The minimum atomic E-state index is -0.232. The van der Waals surface area contributed by atoms with E-state index in [1.807, 2.05) is 24.3 Å². The van der Waals surface area contributed by atoms with Crippen molar-refractivity contribution in [1.82, 2.24) is 0 Å². The Bertz CT molecular complexity index is 549. The Hall–Kier alpha value is -1.34. The van der Waals surface area contributed by atoms with E-state index in [9.17, 15) is 4.39 Å². The average molecular weight is 277 g/mol. The van der Waals surface area contributed by atoms with E-state index in [0.29, 0.717) is 11.1 Å². The molecule has 0 amide bonds. The molecule has 2 aromatic carbocycles. The molecule has 1 unspecified atom stereocenters. The summed E-state index contributed by atoms with van der Waals surface area (Å²) in [4.78, 5) is 0. The fourth-order valence-corrected chi connectivity index (χ4v) is 2.51. The molecule has 0 saturated heterocycles. The van der Waals surface area contributed by atoms with Gasteiger partial charge in [0.05, 0.1) is 5.38 Å². The second-order valence-electron chi connectivity index (χ2n) is 4.93. The highest BCUT2D eigenvalue weighted by atomic mass is 35.5. The van der Waals surface area contributed by atoms with Crippen molar-refractivity contribution in [3.63, 3.8) is 0 Å². The SMILES string of the molecule is CCc1ccc(C(Cl)c2cc(C)c(F)c(C)c2)cc1. The van der Waals surface area contributed by atoms with Crippen LogP contribution >= 0.6 is 11.6 Å². The highest BCUT2D eigenvalue weighted by Gasteiger charge is 2.13. The van der Waals surface area contributed by atoms with Crippen LogP contribution in [0.25, 0.3) is 0 Å². The zero-order chi connectivity index (χ0) is 14.0. The van der Waals surface area contributed by atoms with Gasteiger partial charge in [0.2, 0.25) is 0 Å². The fraction of sp³-hybridized carbons (Fsp3) is 0.294. The lowest BCUT2D eigenvalue weighted by molar-refractivity contribution is 0.608. The van der Waals surface area contributed by atoms with Crippen molar-refractivity contribution in [2.45, 2.75) is 32.6 Å². The quantitative estimate of drug-likeness (QED) is 0.665. The lowest BCUT2D eigenvalue weighted by Gasteiger charge is -2.13. The number of benzene rings is 2. The van der Waals surface area contributed by atoms with Gasteiger partial charge in [-0.3, -0.25) is 0 Å². The zero-order valence-electron chi connectivity index (χ0n) is 11.5. The van der Waals surface area contributed by atoms with Crippen molar-refractivity contribution in [2.24, 2.45) is 0 Å². The minimum Gasteiger partial charge on any atom is -0.206 e. The normalized spacial score (nSPS) is 12.5. The maximum atomic E-state index is 13.6. The Morgan fingerprint density at radius 1 is 1.00 bits per heavy atom. The van der Waals surface area contributed by atoms with Crippen LogP contribution in [0.2, 0.25) is 0 Å². The van der Waals surface area contributed by atoms with Crippen molar-refractivity contribution in [2.75, 3.05) is 0 Å². The zero-order valence-corrected chi connectivity index (χ0v) is 12.3. The van der Waals surface area contributed by atoms with Crippen LogP contribution < -0.4 is 0 Å². The molecular formula is C17H18ClF. The summed E-state index contributed by atoms with van der Waals surface area (Å²) >= 11 is 6.50. The van der Waals surface area contributed by atoms with Crippen molar-refractivity contribution < 1.29 is 4.39 Å². The van der Waals surface area contributed by atoms with Crippen molar-refractivity contribution in [3.8, 4) is 0 Å². The van der Waals surface area contributed by atoms with Gasteiger partial charge < -0.3 is 0 Å². The average Bonchev–Trinajstić information content (AvgIpc) is 2.43. The van der Waals surface area contributed by atoms with Gasteiger partial charge in [-0.25, -0.2) is 4.39 Å². The van der Waals surface area contributed by atoms with Gasteiger partial charge in [-0.1, -0.05) is 43.3 Å². The van der Waals surface area contributed by atoms with Crippen LogP contribution in [0.4, 0.5) is 4.39 Å². The molecule has 0 radical (unpaired) electrons. The standard InChI is InChI=1S/C17H18ClF/c1-4-13-5-7-14(8-6-13)16(18)15-9-11(2)17(19)12(3)10-15/h5-10,16H,4H2,1-3H3. The van der Waals surface area contributed by atoms with Crippen molar-refractivity contribution >= 4 is 11.6 Å². The Kier molecular flexibility index (Phi) is 4.26. The maximum absolute atomic E-state index is 13.6. The molecule has 0 heterocycles. The molecule has 2 heteroatoms. The molecule has 0 nitrogen and oxygen atoms in total. The number of aryl methyl sites for hydroxylation is 3. The van der Waals surface area contributed by atoms with Crippen LogP contribution in [0.3, 0.4) is 0 Å². The van der Waals surface area contributed by atoms with Gasteiger partial charge in [0, 0.05) is 0 Å². The topological polar surface area (TPSA) is 0 Å². The molecule has 2 aromatic rings. The molecule has 0 spiro atoms. The summed E-state index contributed by atoms with van der Waals surface area (Å²) < 4.78 is 13.6. The summed E-state index contributed by atoms with van der Waals surface area (Å²) in [6.45, 7) is 5.67. The number of hydrogen-bond donors (Lipinski definition) is 0. The summed E-state index contributed by atoms with van der Waals surface area (Å²) in [7, 11) is 0. The molecule has 0 N–H and O–H groups in total. The molecule has 0 aliphatic heterocycles. The van der Waals surface area contributed by atoms with Crippen LogP contribution in [-0.4, -0.2) is 0 Å². The second kappa shape index (κ2) is 5.75. The monoisotopic (exact) mass is 276 g/mol. The first-order valence-corrected chi connectivity index (χ1v) is 6.96. The molecule has 1 atom stereocenters. The highest BCUT2D eigenvalue weighted by molar-refractivity contribution is 6.22. The molecule has 0 aliphatic carbocycles. The molecule has 0 bridgehead atoms.